The Hall–Kier alpha value is -1.40. The zero-order valence-corrected chi connectivity index (χ0v) is 13.5. The smallest absolute Gasteiger partial charge is 0.249 e. The highest BCUT2D eigenvalue weighted by Gasteiger charge is 2.29. The van der Waals surface area contributed by atoms with Crippen LogP contribution in [0.5, 0.6) is 0 Å². The van der Waals surface area contributed by atoms with E-state index in [0.29, 0.717) is 23.0 Å². The molecule has 21 heavy (non-hydrogen) atoms. The highest BCUT2D eigenvalue weighted by molar-refractivity contribution is 9.10. The number of amides is 1. The zero-order chi connectivity index (χ0) is 15.1. The molecule has 6 heteroatoms. The molecule has 0 aliphatic carbocycles. The fourth-order valence-corrected chi connectivity index (χ4v) is 3.27. The van der Waals surface area contributed by atoms with E-state index in [1.54, 1.807) is 11.0 Å². The molecule has 1 aromatic carbocycles. The van der Waals surface area contributed by atoms with Crippen LogP contribution in [0.25, 0.3) is 10.9 Å². The summed E-state index contributed by atoms with van der Waals surface area (Å²) in [5.41, 5.74) is 2.51. The lowest BCUT2D eigenvalue weighted by Crippen LogP contribution is -2.44. The lowest BCUT2D eigenvalue weighted by Gasteiger charge is -2.33. The lowest BCUT2D eigenvalue weighted by molar-refractivity contribution is -0.138. The van der Waals surface area contributed by atoms with Crippen molar-refractivity contribution in [1.29, 1.82) is 0 Å². The number of methoxy groups -OCH3 is 1. The first-order valence-corrected chi connectivity index (χ1v) is 7.58. The van der Waals surface area contributed by atoms with E-state index in [2.05, 4.69) is 20.9 Å². The van der Waals surface area contributed by atoms with E-state index in [1.165, 1.54) is 7.11 Å². The van der Waals surface area contributed by atoms with Gasteiger partial charge in [0.2, 0.25) is 5.91 Å². The Labute approximate surface area is 130 Å². The van der Waals surface area contributed by atoms with Gasteiger partial charge in [-0.3, -0.25) is 4.79 Å². The maximum atomic E-state index is 14.2. The fraction of sp³-hybridized carbons (Fsp3) is 0.400. The number of halogens is 2. The largest absolute Gasteiger partial charge is 0.375 e. The van der Waals surface area contributed by atoms with Crippen LogP contribution in [0.1, 0.15) is 18.2 Å². The number of hydrogen-bond acceptors (Lipinski definition) is 2. The van der Waals surface area contributed by atoms with E-state index in [4.69, 9.17) is 4.74 Å². The minimum absolute atomic E-state index is 0.0393. The summed E-state index contributed by atoms with van der Waals surface area (Å²) in [5.74, 6) is -0.327. The predicted molar refractivity (Wildman–Crippen MR) is 81.5 cm³/mol. The van der Waals surface area contributed by atoms with Gasteiger partial charge in [0, 0.05) is 42.8 Å². The summed E-state index contributed by atoms with van der Waals surface area (Å²) >= 11 is 3.20. The van der Waals surface area contributed by atoms with Crippen molar-refractivity contribution >= 4 is 32.7 Å². The quantitative estimate of drug-likeness (QED) is 0.900. The first-order chi connectivity index (χ1) is 10.0. The van der Waals surface area contributed by atoms with Gasteiger partial charge in [-0.1, -0.05) is 6.07 Å². The van der Waals surface area contributed by atoms with Crippen molar-refractivity contribution in [3.05, 3.63) is 33.7 Å². The van der Waals surface area contributed by atoms with Gasteiger partial charge in [-0.15, -0.1) is 0 Å². The molecule has 1 amide bonds. The number of carbonyl (C=O) groups excluding carboxylic acids is 1. The third-order valence-electron chi connectivity index (χ3n) is 4.01. The molecule has 0 spiro atoms. The summed E-state index contributed by atoms with van der Waals surface area (Å²) in [4.78, 5) is 17.1. The number of rotatable bonds is 2. The van der Waals surface area contributed by atoms with Crippen LogP contribution in [0.15, 0.2) is 16.6 Å². The summed E-state index contributed by atoms with van der Waals surface area (Å²) in [6, 6.07) is 3.65. The molecule has 1 N–H and O–H groups in total. The van der Waals surface area contributed by atoms with Crippen molar-refractivity contribution in [3.63, 3.8) is 0 Å². The molecule has 2 aromatic rings. The number of benzene rings is 1. The molecular weight excluding hydrogens is 339 g/mol. The molecule has 0 saturated heterocycles. The topological polar surface area (TPSA) is 45.3 Å². The number of nitrogens with zero attached hydrogens (tertiary/aromatic N) is 1. The Balaban J connectivity index is 2.05. The second-order valence-corrected chi connectivity index (χ2v) is 6.23. The summed E-state index contributed by atoms with van der Waals surface area (Å²) < 4.78 is 19.6. The van der Waals surface area contributed by atoms with E-state index in [0.717, 1.165) is 16.6 Å². The highest BCUT2D eigenvalue weighted by atomic mass is 79.9. The van der Waals surface area contributed by atoms with Crippen LogP contribution in [-0.2, 0) is 22.5 Å². The Morgan fingerprint density at radius 1 is 1.57 bits per heavy atom. The summed E-state index contributed by atoms with van der Waals surface area (Å²) in [5, 5.41) is 0.841. The van der Waals surface area contributed by atoms with Crippen LogP contribution < -0.4 is 0 Å². The van der Waals surface area contributed by atoms with Gasteiger partial charge in [0.1, 0.15) is 6.61 Å². The number of aromatic amines is 1. The van der Waals surface area contributed by atoms with Crippen molar-refractivity contribution < 1.29 is 13.9 Å². The average Bonchev–Trinajstić information content (AvgIpc) is 2.80. The lowest BCUT2D eigenvalue weighted by atomic mass is 9.99. The monoisotopic (exact) mass is 354 g/mol. The zero-order valence-electron chi connectivity index (χ0n) is 11.9. The molecule has 4 nitrogen and oxygen atoms in total. The number of hydrogen-bond donors (Lipinski definition) is 1. The van der Waals surface area contributed by atoms with Crippen LogP contribution in [-0.4, -0.2) is 35.5 Å². The van der Waals surface area contributed by atoms with Gasteiger partial charge in [-0.05, 0) is 28.9 Å². The van der Waals surface area contributed by atoms with Gasteiger partial charge in [0.05, 0.1) is 9.99 Å². The average molecular weight is 355 g/mol. The summed E-state index contributed by atoms with van der Waals surface area (Å²) in [6.07, 6.45) is 0.691. The number of carbonyl (C=O) groups is 1. The molecule has 0 radical (unpaired) electrons. The van der Waals surface area contributed by atoms with E-state index in [-0.39, 0.29) is 24.4 Å². The van der Waals surface area contributed by atoms with E-state index < -0.39 is 0 Å². The third kappa shape index (κ3) is 2.36. The number of aromatic nitrogens is 1. The fourth-order valence-electron chi connectivity index (χ4n) is 2.94. The highest BCUT2D eigenvalue weighted by Crippen LogP contribution is 2.33. The normalized spacial score (nSPS) is 18.1. The van der Waals surface area contributed by atoms with Gasteiger partial charge in [0.15, 0.2) is 5.82 Å². The Morgan fingerprint density at radius 3 is 3.05 bits per heavy atom. The third-order valence-corrected chi connectivity index (χ3v) is 4.62. The molecule has 3 rings (SSSR count). The van der Waals surface area contributed by atoms with E-state index in [1.807, 2.05) is 13.0 Å². The van der Waals surface area contributed by atoms with Crippen LogP contribution in [0, 0.1) is 5.82 Å². The van der Waals surface area contributed by atoms with Gasteiger partial charge < -0.3 is 14.6 Å². The molecule has 0 unspecified atom stereocenters. The molecule has 0 fully saturated rings. The molecule has 1 aliphatic rings. The van der Waals surface area contributed by atoms with Gasteiger partial charge in [-0.25, -0.2) is 4.39 Å². The van der Waals surface area contributed by atoms with Gasteiger partial charge in [0.25, 0.3) is 0 Å². The van der Waals surface area contributed by atoms with Crippen molar-refractivity contribution in [3.8, 4) is 0 Å². The van der Waals surface area contributed by atoms with Crippen molar-refractivity contribution in [2.24, 2.45) is 0 Å². The maximum Gasteiger partial charge on any atom is 0.249 e. The summed E-state index contributed by atoms with van der Waals surface area (Å²) in [6.45, 7) is 2.55. The van der Waals surface area contributed by atoms with Crippen LogP contribution >= 0.6 is 15.9 Å². The van der Waals surface area contributed by atoms with Crippen LogP contribution in [0.4, 0.5) is 4.39 Å². The Kier molecular flexibility index (Phi) is 3.75. The molecule has 1 atom stereocenters. The number of H-pyrrole nitrogens is 1. The van der Waals surface area contributed by atoms with Gasteiger partial charge >= 0.3 is 0 Å². The first kappa shape index (κ1) is 14.5. The molecule has 1 aliphatic heterocycles. The van der Waals surface area contributed by atoms with Crippen molar-refractivity contribution in [1.82, 2.24) is 9.88 Å². The summed E-state index contributed by atoms with van der Waals surface area (Å²) in [7, 11) is 1.51. The van der Waals surface area contributed by atoms with E-state index in [9.17, 15) is 9.18 Å². The van der Waals surface area contributed by atoms with Gasteiger partial charge in [-0.2, -0.15) is 0 Å². The SMILES string of the molecule is COCC(=O)N1Cc2c([nH]c3c(F)c(Br)ccc23)C[C@H]1C. The minimum Gasteiger partial charge on any atom is -0.375 e. The molecule has 2 heterocycles. The van der Waals surface area contributed by atoms with Crippen LogP contribution in [0.2, 0.25) is 0 Å². The van der Waals surface area contributed by atoms with Crippen LogP contribution in [0.3, 0.4) is 0 Å². The second-order valence-electron chi connectivity index (χ2n) is 5.37. The van der Waals surface area contributed by atoms with E-state index >= 15 is 0 Å². The van der Waals surface area contributed by atoms with Crippen molar-refractivity contribution in [2.75, 3.05) is 13.7 Å². The molecule has 0 saturated carbocycles. The standard InChI is InChI=1S/C15H16BrFN2O2/c1-8-5-12-10(6-19(8)13(20)7-21-2)9-3-4-11(16)14(17)15(9)18-12/h3-4,8,18H,5-7H2,1-2H3/t8-/m1/s1. The Bertz CT molecular complexity index is 713. The second kappa shape index (κ2) is 5.42. The molecule has 112 valence electrons. The predicted octanol–water partition coefficient (Wildman–Crippen LogP) is 2.99. The number of nitrogens with one attached hydrogen (secondary N) is 1. The Morgan fingerprint density at radius 2 is 2.33 bits per heavy atom. The number of fused-ring (bicyclic) bond motifs is 3. The molecule has 0 bridgehead atoms. The number of ether oxygens (including phenoxy) is 1. The minimum atomic E-state index is -0.288. The molecular formula is C15H16BrFN2O2. The first-order valence-electron chi connectivity index (χ1n) is 6.78. The molecule has 1 aromatic heterocycles. The van der Waals surface area contributed by atoms with Crippen molar-refractivity contribution in [2.45, 2.75) is 25.9 Å². The maximum absolute atomic E-state index is 14.2.